The lowest BCUT2D eigenvalue weighted by molar-refractivity contribution is -0.137. The fraction of sp³-hybridized carbons (Fsp3) is 0.250. The van der Waals surface area contributed by atoms with Crippen LogP contribution in [0.4, 0.5) is 41.1 Å². The summed E-state index contributed by atoms with van der Waals surface area (Å²) < 4.78 is 39.6. The highest BCUT2D eigenvalue weighted by molar-refractivity contribution is 6.12. The normalized spacial score (nSPS) is 15.5. The molecule has 0 bridgehead atoms. The number of carbonyl (C=O) groups excluding carboxylic acids is 2. The molecule has 2 aromatic heterocycles. The average molecular weight is 482 g/mol. The summed E-state index contributed by atoms with van der Waals surface area (Å²) in [7, 11) is 1.56. The Morgan fingerprint density at radius 3 is 2.51 bits per heavy atom. The third kappa shape index (κ3) is 4.36. The molecule has 2 aliphatic heterocycles. The van der Waals surface area contributed by atoms with E-state index in [4.69, 9.17) is 0 Å². The van der Waals surface area contributed by atoms with Crippen molar-refractivity contribution in [2.75, 3.05) is 46.7 Å². The molecule has 1 fully saturated rings. The maximum Gasteiger partial charge on any atom is 0.416 e. The molecule has 5 rings (SSSR count). The van der Waals surface area contributed by atoms with Gasteiger partial charge < -0.3 is 9.80 Å². The number of benzene rings is 1. The van der Waals surface area contributed by atoms with Crippen molar-refractivity contribution in [1.29, 1.82) is 0 Å². The summed E-state index contributed by atoms with van der Waals surface area (Å²) >= 11 is 0. The number of likely N-dealkylation sites (N-methyl/N-ethyl adjacent to an activating group) is 1. The number of nitrogens with one attached hydrogen (secondary N) is 1. The molecule has 0 saturated carbocycles. The Bertz CT molecular complexity index is 1310. The third-order valence-corrected chi connectivity index (χ3v) is 6.02. The molecule has 0 radical (unpaired) electrons. The van der Waals surface area contributed by atoms with E-state index >= 15 is 0 Å². The number of halogens is 3. The van der Waals surface area contributed by atoms with Gasteiger partial charge in [-0.05, 0) is 42.8 Å². The number of hydrogen-bond acceptors (Lipinski definition) is 5. The van der Waals surface area contributed by atoms with Gasteiger partial charge in [0.15, 0.2) is 5.82 Å². The summed E-state index contributed by atoms with van der Waals surface area (Å²) in [5, 5.41) is 2.71. The number of pyridine rings is 2. The summed E-state index contributed by atoms with van der Waals surface area (Å²) in [4.78, 5) is 39.3. The molecule has 11 heteroatoms. The highest BCUT2D eigenvalue weighted by Gasteiger charge is 2.34. The molecule has 0 spiro atoms. The summed E-state index contributed by atoms with van der Waals surface area (Å²) in [6, 6.07) is 12.6. The molecule has 0 atom stereocenters. The minimum absolute atomic E-state index is 0.165. The summed E-state index contributed by atoms with van der Waals surface area (Å²) in [6.45, 7) is 1.51. The second-order valence-corrected chi connectivity index (χ2v) is 8.31. The molecule has 0 aliphatic carbocycles. The summed E-state index contributed by atoms with van der Waals surface area (Å²) in [6.07, 6.45) is -3.42. The molecule has 1 aromatic carbocycles. The Kier molecular flexibility index (Phi) is 5.54. The molecular formula is C24H21F3N6O2. The number of carbonyl (C=O) groups is 2. The molecule has 8 nitrogen and oxygen atoms in total. The van der Waals surface area contributed by atoms with Gasteiger partial charge in [0.25, 0.3) is 0 Å². The van der Waals surface area contributed by atoms with Gasteiger partial charge in [0, 0.05) is 25.7 Å². The zero-order chi connectivity index (χ0) is 24.7. The lowest BCUT2D eigenvalue weighted by atomic mass is 10.1. The number of rotatable bonds is 3. The first-order chi connectivity index (χ1) is 16.7. The topological polar surface area (TPSA) is 81.7 Å². The number of alkyl halides is 3. The van der Waals surface area contributed by atoms with Crippen LogP contribution in [-0.2, 0) is 11.0 Å². The highest BCUT2D eigenvalue weighted by atomic mass is 19.4. The fourth-order valence-corrected chi connectivity index (χ4v) is 3.93. The number of hydrogen-bond donors (Lipinski definition) is 1. The number of amides is 3. The lowest BCUT2D eigenvalue weighted by Gasteiger charge is -2.33. The number of fused-ring (bicyclic) bond motifs is 1. The molecule has 2 aliphatic rings. The molecule has 180 valence electrons. The van der Waals surface area contributed by atoms with Crippen molar-refractivity contribution >= 4 is 35.1 Å². The lowest BCUT2D eigenvalue weighted by Crippen LogP contribution is -2.48. The first-order valence-corrected chi connectivity index (χ1v) is 11.0. The second kappa shape index (κ2) is 8.57. The Balaban J connectivity index is 1.47. The standard InChI is InChI=1S/C24H21F3N6O2/c1-31-18-10-9-17(15-5-2-6-16(13-15)24(25,26)27)28-22(18)33(14-21(31)34)23(35)30-19-7-3-8-20(29-19)32-11-4-12-32/h2-3,5-10,13H,4,11-12,14H2,1H3,(H,29,30,35). The van der Waals surface area contributed by atoms with Gasteiger partial charge in [0.05, 0.1) is 16.9 Å². The van der Waals surface area contributed by atoms with E-state index in [9.17, 15) is 22.8 Å². The molecular weight excluding hydrogens is 461 g/mol. The van der Waals surface area contributed by atoms with E-state index in [1.54, 1.807) is 25.2 Å². The SMILES string of the molecule is CN1C(=O)CN(C(=O)Nc2cccc(N3CCC3)n2)c2nc(-c3cccc(C(F)(F)F)c3)ccc21. The predicted octanol–water partition coefficient (Wildman–Crippen LogP) is 4.39. The van der Waals surface area contributed by atoms with Crippen molar-refractivity contribution in [2.24, 2.45) is 0 Å². The molecule has 3 amide bonds. The zero-order valence-electron chi connectivity index (χ0n) is 18.7. The van der Waals surface area contributed by atoms with Crippen molar-refractivity contribution in [1.82, 2.24) is 9.97 Å². The van der Waals surface area contributed by atoms with Crippen LogP contribution < -0.4 is 20.0 Å². The van der Waals surface area contributed by atoms with Crippen LogP contribution in [0.1, 0.15) is 12.0 Å². The van der Waals surface area contributed by atoms with E-state index in [1.807, 2.05) is 6.07 Å². The van der Waals surface area contributed by atoms with Gasteiger partial charge in [-0.15, -0.1) is 0 Å². The quantitative estimate of drug-likeness (QED) is 0.599. The van der Waals surface area contributed by atoms with E-state index < -0.39 is 17.8 Å². The summed E-state index contributed by atoms with van der Waals surface area (Å²) in [5.74, 6) is 0.900. The van der Waals surface area contributed by atoms with Gasteiger partial charge in [-0.3, -0.25) is 15.0 Å². The molecule has 1 N–H and O–H groups in total. The Morgan fingerprint density at radius 2 is 1.80 bits per heavy atom. The molecule has 35 heavy (non-hydrogen) atoms. The first-order valence-electron chi connectivity index (χ1n) is 11.0. The van der Waals surface area contributed by atoms with E-state index in [-0.39, 0.29) is 29.5 Å². The minimum atomic E-state index is -4.50. The number of nitrogens with zero attached hydrogens (tertiary/aromatic N) is 5. The Labute approximate surface area is 199 Å². The maximum atomic E-state index is 13.2. The van der Waals surface area contributed by atoms with Crippen LogP contribution in [0.15, 0.2) is 54.6 Å². The van der Waals surface area contributed by atoms with Crippen molar-refractivity contribution in [3.8, 4) is 11.3 Å². The van der Waals surface area contributed by atoms with Crippen LogP contribution in [0.5, 0.6) is 0 Å². The average Bonchev–Trinajstić information content (AvgIpc) is 2.80. The van der Waals surface area contributed by atoms with Crippen molar-refractivity contribution < 1.29 is 22.8 Å². The number of aromatic nitrogens is 2. The highest BCUT2D eigenvalue weighted by Crippen LogP contribution is 2.36. The van der Waals surface area contributed by atoms with Gasteiger partial charge in [0.2, 0.25) is 5.91 Å². The smallest absolute Gasteiger partial charge is 0.356 e. The van der Waals surface area contributed by atoms with E-state index in [0.29, 0.717) is 11.5 Å². The van der Waals surface area contributed by atoms with Gasteiger partial charge in [-0.2, -0.15) is 13.2 Å². The van der Waals surface area contributed by atoms with Crippen LogP contribution in [-0.4, -0.2) is 48.6 Å². The van der Waals surface area contributed by atoms with Crippen LogP contribution >= 0.6 is 0 Å². The molecule has 0 unspecified atom stereocenters. The van der Waals surface area contributed by atoms with Crippen molar-refractivity contribution in [3.05, 3.63) is 60.2 Å². The fourth-order valence-electron chi connectivity index (χ4n) is 3.93. The van der Waals surface area contributed by atoms with Crippen LogP contribution in [0.25, 0.3) is 11.3 Å². The Morgan fingerprint density at radius 1 is 1.03 bits per heavy atom. The molecule has 4 heterocycles. The molecule has 3 aromatic rings. The van der Waals surface area contributed by atoms with Gasteiger partial charge in [-0.1, -0.05) is 18.2 Å². The Hall–Kier alpha value is -4.15. The third-order valence-electron chi connectivity index (χ3n) is 6.02. The van der Waals surface area contributed by atoms with Crippen LogP contribution in [0.3, 0.4) is 0 Å². The largest absolute Gasteiger partial charge is 0.416 e. The number of urea groups is 1. The van der Waals surface area contributed by atoms with E-state index in [2.05, 4.69) is 20.2 Å². The van der Waals surface area contributed by atoms with Gasteiger partial charge in [0.1, 0.15) is 18.2 Å². The van der Waals surface area contributed by atoms with E-state index in [0.717, 1.165) is 37.5 Å². The zero-order valence-corrected chi connectivity index (χ0v) is 18.7. The van der Waals surface area contributed by atoms with Crippen molar-refractivity contribution in [2.45, 2.75) is 12.6 Å². The van der Waals surface area contributed by atoms with Gasteiger partial charge >= 0.3 is 12.2 Å². The van der Waals surface area contributed by atoms with Crippen LogP contribution in [0.2, 0.25) is 0 Å². The second-order valence-electron chi connectivity index (χ2n) is 8.31. The predicted molar refractivity (Wildman–Crippen MR) is 126 cm³/mol. The maximum absolute atomic E-state index is 13.2. The monoisotopic (exact) mass is 482 g/mol. The first kappa shape index (κ1) is 22.6. The van der Waals surface area contributed by atoms with Crippen LogP contribution in [0, 0.1) is 0 Å². The summed E-state index contributed by atoms with van der Waals surface area (Å²) in [5.41, 5.74) is 0.0544. The number of anilines is 4. The minimum Gasteiger partial charge on any atom is -0.356 e. The van der Waals surface area contributed by atoms with Gasteiger partial charge in [-0.25, -0.2) is 14.8 Å². The van der Waals surface area contributed by atoms with Crippen molar-refractivity contribution in [3.63, 3.8) is 0 Å². The van der Waals surface area contributed by atoms with E-state index in [1.165, 1.54) is 28.0 Å². The molecule has 1 saturated heterocycles.